The Balaban J connectivity index is 1.62. The second kappa shape index (κ2) is 5.59. The van der Waals surface area contributed by atoms with Crippen LogP contribution in [-0.2, 0) is 11.3 Å². The van der Waals surface area contributed by atoms with Crippen molar-refractivity contribution in [1.29, 1.82) is 0 Å². The van der Waals surface area contributed by atoms with Gasteiger partial charge in [-0.1, -0.05) is 6.92 Å². The number of nitrogens with one attached hydrogen (secondary N) is 1. The molecular formula is C15H22N4OS. The molecule has 0 radical (unpaired) electrons. The molecular weight excluding hydrogens is 284 g/mol. The maximum absolute atomic E-state index is 5.79. The minimum absolute atomic E-state index is 0.336. The van der Waals surface area contributed by atoms with Crippen molar-refractivity contribution in [3.8, 4) is 0 Å². The van der Waals surface area contributed by atoms with Crippen molar-refractivity contribution in [3.05, 3.63) is 17.3 Å². The number of nitrogens with zero attached hydrogens (tertiary/aromatic N) is 3. The molecule has 2 aromatic rings. The van der Waals surface area contributed by atoms with Gasteiger partial charge in [0.05, 0.1) is 18.4 Å². The molecule has 3 heterocycles. The Kier molecular flexibility index (Phi) is 3.61. The number of imidazole rings is 1. The molecule has 0 aromatic carbocycles. The Morgan fingerprint density at radius 1 is 1.48 bits per heavy atom. The van der Waals surface area contributed by atoms with Crippen molar-refractivity contribution >= 4 is 22.1 Å². The molecule has 114 valence electrons. The first-order valence-electron chi connectivity index (χ1n) is 7.89. The minimum Gasteiger partial charge on any atom is -0.375 e. The summed E-state index contributed by atoms with van der Waals surface area (Å²) in [5.41, 5.74) is 1.30. The molecule has 1 aliphatic carbocycles. The second-order valence-electron chi connectivity index (χ2n) is 5.94. The van der Waals surface area contributed by atoms with E-state index in [1.54, 1.807) is 11.3 Å². The van der Waals surface area contributed by atoms with Gasteiger partial charge in [0.15, 0.2) is 10.8 Å². The number of thiazole rings is 1. The molecule has 6 heteroatoms. The van der Waals surface area contributed by atoms with Gasteiger partial charge in [0, 0.05) is 37.3 Å². The van der Waals surface area contributed by atoms with Crippen LogP contribution in [0.1, 0.15) is 31.9 Å². The molecule has 1 saturated carbocycles. The van der Waals surface area contributed by atoms with Crippen LogP contribution in [0.2, 0.25) is 0 Å². The lowest BCUT2D eigenvalue weighted by atomic mass is 10.2. The molecule has 5 nitrogen and oxygen atoms in total. The topological polar surface area (TPSA) is 41.8 Å². The summed E-state index contributed by atoms with van der Waals surface area (Å²) in [6.45, 7) is 5.80. The van der Waals surface area contributed by atoms with Crippen LogP contribution in [0, 0.1) is 0 Å². The van der Waals surface area contributed by atoms with E-state index in [-0.39, 0.29) is 0 Å². The highest BCUT2D eigenvalue weighted by Gasteiger charge is 2.26. The maximum Gasteiger partial charge on any atom is 0.195 e. The molecule has 4 rings (SSSR count). The predicted molar refractivity (Wildman–Crippen MR) is 85.2 cm³/mol. The zero-order valence-electron chi connectivity index (χ0n) is 12.4. The Morgan fingerprint density at radius 3 is 3.19 bits per heavy atom. The Morgan fingerprint density at radius 2 is 2.38 bits per heavy atom. The zero-order valence-corrected chi connectivity index (χ0v) is 13.2. The third kappa shape index (κ3) is 2.67. The average Bonchev–Trinajstić information content (AvgIpc) is 3.12. The van der Waals surface area contributed by atoms with Gasteiger partial charge in [0.2, 0.25) is 0 Å². The molecule has 1 unspecified atom stereocenters. The number of hydrogen-bond donors (Lipinski definition) is 1. The molecule has 1 N–H and O–H groups in total. The van der Waals surface area contributed by atoms with Gasteiger partial charge >= 0.3 is 0 Å². The fourth-order valence-corrected chi connectivity index (χ4v) is 3.65. The highest BCUT2D eigenvalue weighted by Crippen LogP contribution is 2.28. The number of rotatable bonds is 5. The van der Waals surface area contributed by atoms with Crippen molar-refractivity contribution in [2.45, 2.75) is 44.9 Å². The molecule has 2 aromatic heterocycles. The van der Waals surface area contributed by atoms with E-state index >= 15 is 0 Å². The van der Waals surface area contributed by atoms with E-state index in [4.69, 9.17) is 9.72 Å². The average molecular weight is 306 g/mol. The van der Waals surface area contributed by atoms with Gasteiger partial charge in [-0.2, -0.15) is 0 Å². The first-order chi connectivity index (χ1) is 10.3. The van der Waals surface area contributed by atoms with Gasteiger partial charge < -0.3 is 15.0 Å². The standard InChI is InChI=1S/C15H22N4OS/c1-2-12-10-18(5-7-20-12)14-13(9-16-11-3-4-11)19-6-8-21-15(19)17-14/h6,8,11-12,16H,2-5,7,9-10H2,1H3. The fraction of sp³-hybridized carbons (Fsp3) is 0.667. The molecule has 2 fully saturated rings. The Bertz CT molecular complexity index is 618. The highest BCUT2D eigenvalue weighted by molar-refractivity contribution is 7.15. The zero-order chi connectivity index (χ0) is 14.2. The molecule has 0 spiro atoms. The summed E-state index contributed by atoms with van der Waals surface area (Å²) in [5, 5.41) is 5.74. The fourth-order valence-electron chi connectivity index (χ4n) is 2.93. The van der Waals surface area contributed by atoms with Crippen LogP contribution in [0.3, 0.4) is 0 Å². The van der Waals surface area contributed by atoms with Gasteiger partial charge in [-0.25, -0.2) is 4.98 Å². The van der Waals surface area contributed by atoms with Crippen molar-refractivity contribution in [3.63, 3.8) is 0 Å². The normalized spacial score (nSPS) is 23.1. The van der Waals surface area contributed by atoms with Crippen molar-refractivity contribution in [2.75, 3.05) is 24.6 Å². The number of aromatic nitrogens is 2. The lowest BCUT2D eigenvalue weighted by Crippen LogP contribution is -2.43. The second-order valence-corrected chi connectivity index (χ2v) is 6.81. The summed E-state index contributed by atoms with van der Waals surface area (Å²) < 4.78 is 8.04. The molecule has 1 aliphatic heterocycles. The Labute approximate surface area is 128 Å². The number of hydrogen-bond acceptors (Lipinski definition) is 5. The minimum atomic E-state index is 0.336. The van der Waals surface area contributed by atoms with Crippen LogP contribution >= 0.6 is 11.3 Å². The van der Waals surface area contributed by atoms with Crippen molar-refractivity contribution < 1.29 is 4.74 Å². The molecule has 21 heavy (non-hydrogen) atoms. The van der Waals surface area contributed by atoms with E-state index in [0.717, 1.165) is 49.5 Å². The van der Waals surface area contributed by atoms with Gasteiger partial charge in [-0.3, -0.25) is 4.40 Å². The van der Waals surface area contributed by atoms with E-state index in [9.17, 15) is 0 Å². The van der Waals surface area contributed by atoms with E-state index in [0.29, 0.717) is 6.10 Å². The third-order valence-corrected chi connectivity index (χ3v) is 5.13. The summed E-state index contributed by atoms with van der Waals surface area (Å²) in [6.07, 6.45) is 6.17. The molecule has 0 bridgehead atoms. The number of fused-ring (bicyclic) bond motifs is 1. The lowest BCUT2D eigenvalue weighted by Gasteiger charge is -2.33. The van der Waals surface area contributed by atoms with Gasteiger partial charge in [-0.15, -0.1) is 11.3 Å². The molecule has 2 aliphatic rings. The summed E-state index contributed by atoms with van der Waals surface area (Å²) in [5.74, 6) is 1.15. The first kappa shape index (κ1) is 13.5. The van der Waals surface area contributed by atoms with E-state index in [2.05, 4.69) is 33.1 Å². The van der Waals surface area contributed by atoms with E-state index in [1.165, 1.54) is 18.5 Å². The van der Waals surface area contributed by atoms with Gasteiger partial charge in [-0.05, 0) is 19.3 Å². The molecule has 0 amide bonds. The van der Waals surface area contributed by atoms with E-state index < -0.39 is 0 Å². The highest BCUT2D eigenvalue weighted by atomic mass is 32.1. The van der Waals surface area contributed by atoms with Gasteiger partial charge in [0.1, 0.15) is 0 Å². The van der Waals surface area contributed by atoms with Crippen LogP contribution in [-0.4, -0.2) is 41.2 Å². The van der Waals surface area contributed by atoms with Crippen molar-refractivity contribution in [2.24, 2.45) is 0 Å². The maximum atomic E-state index is 5.79. The number of ether oxygens (including phenoxy) is 1. The summed E-state index contributed by atoms with van der Waals surface area (Å²) in [4.78, 5) is 8.37. The summed E-state index contributed by atoms with van der Waals surface area (Å²) in [6, 6.07) is 0.718. The first-order valence-corrected chi connectivity index (χ1v) is 8.77. The number of anilines is 1. The molecule has 1 saturated heterocycles. The monoisotopic (exact) mass is 306 g/mol. The van der Waals surface area contributed by atoms with Crippen LogP contribution in [0.15, 0.2) is 11.6 Å². The quantitative estimate of drug-likeness (QED) is 0.920. The van der Waals surface area contributed by atoms with Crippen molar-refractivity contribution in [1.82, 2.24) is 14.7 Å². The number of morpholine rings is 1. The van der Waals surface area contributed by atoms with Crippen LogP contribution < -0.4 is 10.2 Å². The summed E-state index contributed by atoms with van der Waals surface area (Å²) >= 11 is 1.71. The summed E-state index contributed by atoms with van der Waals surface area (Å²) in [7, 11) is 0. The Hall–Kier alpha value is -1.11. The SMILES string of the molecule is CCC1CN(c2nc3sccn3c2CNC2CC2)CCO1. The lowest BCUT2D eigenvalue weighted by molar-refractivity contribution is 0.0381. The predicted octanol–water partition coefficient (Wildman–Crippen LogP) is 2.26. The smallest absolute Gasteiger partial charge is 0.195 e. The van der Waals surface area contributed by atoms with Crippen LogP contribution in [0.4, 0.5) is 5.82 Å². The van der Waals surface area contributed by atoms with Gasteiger partial charge in [0.25, 0.3) is 0 Å². The third-order valence-electron chi connectivity index (χ3n) is 4.37. The van der Waals surface area contributed by atoms with Crippen LogP contribution in [0.5, 0.6) is 0 Å². The van der Waals surface area contributed by atoms with E-state index in [1.807, 2.05) is 0 Å². The largest absolute Gasteiger partial charge is 0.375 e. The van der Waals surface area contributed by atoms with Crippen LogP contribution in [0.25, 0.3) is 4.96 Å². The molecule has 1 atom stereocenters.